The molecular formula is C13H15NO4. The molecule has 5 heteroatoms. The molecule has 0 bridgehead atoms. The zero-order valence-corrected chi connectivity index (χ0v) is 9.82. The topological polar surface area (TPSA) is 79.7 Å². The van der Waals surface area contributed by atoms with Gasteiger partial charge in [0.25, 0.3) is 0 Å². The van der Waals surface area contributed by atoms with E-state index in [9.17, 15) is 15.0 Å². The maximum Gasteiger partial charge on any atom is 0.307 e. The third-order valence-electron chi connectivity index (χ3n) is 4.00. The number of hydrogen-bond donors (Lipinski definition) is 2. The minimum atomic E-state index is -0.938. The van der Waals surface area contributed by atoms with Gasteiger partial charge in [0.15, 0.2) is 5.60 Å². The number of pyridine rings is 1. The number of rotatable bonds is 1. The van der Waals surface area contributed by atoms with E-state index in [-0.39, 0.29) is 12.4 Å². The van der Waals surface area contributed by atoms with Crippen LogP contribution < -0.4 is 0 Å². The van der Waals surface area contributed by atoms with Crippen LogP contribution in [0.5, 0.6) is 0 Å². The first-order chi connectivity index (χ1) is 8.63. The Labute approximate surface area is 104 Å². The minimum Gasteiger partial charge on any atom is -0.452 e. The van der Waals surface area contributed by atoms with Crippen LogP contribution in [0.25, 0.3) is 0 Å². The molecule has 0 amide bonds. The summed E-state index contributed by atoms with van der Waals surface area (Å²) in [5, 5.41) is 19.8. The van der Waals surface area contributed by atoms with E-state index in [0.29, 0.717) is 18.5 Å². The fourth-order valence-electron chi connectivity index (χ4n) is 3.08. The van der Waals surface area contributed by atoms with Crippen LogP contribution in [0.1, 0.15) is 25.0 Å². The number of esters is 1. The van der Waals surface area contributed by atoms with Crippen LogP contribution >= 0.6 is 0 Å². The van der Waals surface area contributed by atoms with Crippen LogP contribution in [0.15, 0.2) is 24.4 Å². The molecule has 0 unspecified atom stereocenters. The number of aliphatic hydroxyl groups excluding tert-OH is 2. The van der Waals surface area contributed by atoms with Crippen molar-refractivity contribution in [2.24, 2.45) is 5.92 Å². The highest BCUT2D eigenvalue weighted by Crippen LogP contribution is 2.50. The van der Waals surface area contributed by atoms with Gasteiger partial charge in [0.1, 0.15) is 0 Å². The summed E-state index contributed by atoms with van der Waals surface area (Å²) in [6.07, 6.45) is 0.952. The fourth-order valence-corrected chi connectivity index (χ4v) is 3.08. The summed E-state index contributed by atoms with van der Waals surface area (Å²) in [6.45, 7) is 0. The summed E-state index contributed by atoms with van der Waals surface area (Å²) < 4.78 is 5.49. The maximum absolute atomic E-state index is 11.6. The highest BCUT2D eigenvalue weighted by atomic mass is 16.6. The predicted molar refractivity (Wildman–Crippen MR) is 61.4 cm³/mol. The van der Waals surface area contributed by atoms with Gasteiger partial charge in [-0.2, -0.15) is 0 Å². The van der Waals surface area contributed by atoms with Gasteiger partial charge in [0, 0.05) is 12.1 Å². The Balaban J connectivity index is 2.05. The molecule has 4 atom stereocenters. The smallest absolute Gasteiger partial charge is 0.307 e. The van der Waals surface area contributed by atoms with Crippen LogP contribution in [0.3, 0.4) is 0 Å². The molecule has 2 fully saturated rings. The number of carbonyl (C=O) groups excluding carboxylic acids is 1. The van der Waals surface area contributed by atoms with Crippen molar-refractivity contribution in [3.63, 3.8) is 0 Å². The van der Waals surface area contributed by atoms with Crippen LogP contribution in [-0.4, -0.2) is 33.4 Å². The summed E-state index contributed by atoms with van der Waals surface area (Å²) in [6, 6.07) is 5.42. The Kier molecular flexibility index (Phi) is 2.60. The van der Waals surface area contributed by atoms with E-state index in [2.05, 4.69) is 4.98 Å². The van der Waals surface area contributed by atoms with E-state index in [4.69, 9.17) is 4.74 Å². The van der Waals surface area contributed by atoms with Crippen molar-refractivity contribution in [2.75, 3.05) is 0 Å². The molecule has 1 aliphatic heterocycles. The van der Waals surface area contributed by atoms with Crippen LogP contribution in [0, 0.1) is 5.92 Å². The van der Waals surface area contributed by atoms with Crippen LogP contribution in [0.4, 0.5) is 0 Å². The Morgan fingerprint density at radius 3 is 2.94 bits per heavy atom. The van der Waals surface area contributed by atoms with Crippen molar-refractivity contribution in [1.29, 1.82) is 0 Å². The van der Waals surface area contributed by atoms with Gasteiger partial charge in [-0.05, 0) is 25.0 Å². The molecule has 1 saturated heterocycles. The van der Waals surface area contributed by atoms with E-state index < -0.39 is 23.7 Å². The molecule has 1 aromatic heterocycles. The number of nitrogens with zero attached hydrogens (tertiary/aromatic N) is 1. The van der Waals surface area contributed by atoms with Crippen LogP contribution in [-0.2, 0) is 15.1 Å². The molecule has 2 aliphatic rings. The van der Waals surface area contributed by atoms with E-state index in [1.807, 2.05) is 6.07 Å². The highest BCUT2D eigenvalue weighted by Gasteiger charge is 2.58. The molecule has 18 heavy (non-hydrogen) atoms. The first-order valence-corrected chi connectivity index (χ1v) is 6.13. The number of fused-ring (bicyclic) bond motifs is 1. The number of aliphatic hydroxyl groups is 2. The predicted octanol–water partition coefficient (Wildman–Crippen LogP) is 0.356. The lowest BCUT2D eigenvalue weighted by molar-refractivity contribution is -0.164. The molecule has 1 aromatic rings. The Hall–Kier alpha value is -1.46. The van der Waals surface area contributed by atoms with Crippen molar-refractivity contribution in [3.8, 4) is 0 Å². The van der Waals surface area contributed by atoms with E-state index in [1.165, 1.54) is 0 Å². The van der Waals surface area contributed by atoms with Gasteiger partial charge in [0.2, 0.25) is 0 Å². The zero-order chi connectivity index (χ0) is 12.8. The summed E-state index contributed by atoms with van der Waals surface area (Å²) >= 11 is 0. The van der Waals surface area contributed by atoms with E-state index in [0.717, 1.165) is 0 Å². The lowest BCUT2D eigenvalue weighted by atomic mass is 9.70. The molecule has 5 nitrogen and oxygen atoms in total. The molecule has 0 aromatic carbocycles. The lowest BCUT2D eigenvalue weighted by Crippen LogP contribution is -2.49. The Bertz CT molecular complexity index is 463. The third-order valence-corrected chi connectivity index (χ3v) is 4.00. The van der Waals surface area contributed by atoms with Crippen molar-refractivity contribution < 1.29 is 19.7 Å². The van der Waals surface area contributed by atoms with Gasteiger partial charge in [0.05, 0.1) is 24.3 Å². The molecule has 96 valence electrons. The quantitative estimate of drug-likeness (QED) is 0.702. The van der Waals surface area contributed by atoms with Crippen LogP contribution in [0.2, 0.25) is 0 Å². The van der Waals surface area contributed by atoms with Gasteiger partial charge in [-0.3, -0.25) is 9.78 Å². The lowest BCUT2D eigenvalue weighted by Gasteiger charge is -2.41. The van der Waals surface area contributed by atoms with E-state index in [1.54, 1.807) is 18.3 Å². The second-order valence-corrected chi connectivity index (χ2v) is 4.99. The van der Waals surface area contributed by atoms with Crippen molar-refractivity contribution >= 4 is 5.97 Å². The SMILES string of the molecule is O=C1C[C@@H]2[C@@H](O)[C@@H](O)CC[C@]2(c2ccccn2)O1. The van der Waals surface area contributed by atoms with Crippen molar-refractivity contribution in [3.05, 3.63) is 30.1 Å². The van der Waals surface area contributed by atoms with Gasteiger partial charge in [-0.15, -0.1) is 0 Å². The zero-order valence-electron chi connectivity index (χ0n) is 9.82. The largest absolute Gasteiger partial charge is 0.452 e. The standard InChI is InChI=1S/C13H15NO4/c15-9-4-5-13(10-3-1-2-6-14-10)8(12(9)17)7-11(16)18-13/h1-3,6,8-9,12,15,17H,4-5,7H2/t8-,9+,12-,13+/m1/s1. The first kappa shape index (κ1) is 11.6. The monoisotopic (exact) mass is 249 g/mol. The van der Waals surface area contributed by atoms with Gasteiger partial charge < -0.3 is 14.9 Å². The van der Waals surface area contributed by atoms with E-state index >= 15 is 0 Å². The van der Waals surface area contributed by atoms with Crippen molar-refractivity contribution in [2.45, 2.75) is 37.1 Å². The summed E-state index contributed by atoms with van der Waals surface area (Å²) in [4.78, 5) is 15.9. The number of ether oxygens (including phenoxy) is 1. The molecule has 3 rings (SSSR count). The number of hydrogen-bond acceptors (Lipinski definition) is 5. The molecule has 2 heterocycles. The molecule has 1 aliphatic carbocycles. The Morgan fingerprint density at radius 2 is 2.22 bits per heavy atom. The molecule has 1 saturated carbocycles. The average Bonchev–Trinajstić information content (AvgIpc) is 2.74. The van der Waals surface area contributed by atoms with Gasteiger partial charge >= 0.3 is 5.97 Å². The second kappa shape index (κ2) is 4.03. The molecule has 0 radical (unpaired) electrons. The molecule has 0 spiro atoms. The average molecular weight is 249 g/mol. The number of aromatic nitrogens is 1. The number of carbonyl (C=O) groups is 1. The summed E-state index contributed by atoms with van der Waals surface area (Å²) in [5.74, 6) is -0.748. The first-order valence-electron chi connectivity index (χ1n) is 6.13. The van der Waals surface area contributed by atoms with Gasteiger partial charge in [-0.1, -0.05) is 6.07 Å². The maximum atomic E-state index is 11.6. The minimum absolute atomic E-state index is 0.134. The van der Waals surface area contributed by atoms with Crippen molar-refractivity contribution in [1.82, 2.24) is 4.98 Å². The fraction of sp³-hybridized carbons (Fsp3) is 0.538. The molecular weight excluding hydrogens is 234 g/mol. The molecule has 2 N–H and O–H groups in total. The second-order valence-electron chi connectivity index (χ2n) is 4.99. The summed E-state index contributed by atoms with van der Waals surface area (Å²) in [5.41, 5.74) is -0.205. The summed E-state index contributed by atoms with van der Waals surface area (Å²) in [7, 11) is 0. The normalized spacial score (nSPS) is 39.2. The van der Waals surface area contributed by atoms with Gasteiger partial charge in [-0.25, -0.2) is 0 Å². The Morgan fingerprint density at radius 1 is 1.39 bits per heavy atom. The third kappa shape index (κ3) is 1.54. The highest BCUT2D eigenvalue weighted by molar-refractivity contribution is 5.73.